The van der Waals surface area contributed by atoms with Crippen LogP contribution in [0, 0.1) is 0 Å². The number of nitrogens with one attached hydrogen (secondary N) is 1. The van der Waals surface area contributed by atoms with Crippen LogP contribution in [0.15, 0.2) is 30.3 Å². The monoisotopic (exact) mass is 310 g/mol. The molecule has 21 heavy (non-hydrogen) atoms. The Labute approximate surface area is 127 Å². The third kappa shape index (κ3) is 6.42. The number of thioether (sulfide) groups is 1. The summed E-state index contributed by atoms with van der Waals surface area (Å²) in [5, 5.41) is 2.30. The van der Waals surface area contributed by atoms with Crippen molar-refractivity contribution in [3.63, 3.8) is 0 Å². The van der Waals surface area contributed by atoms with Crippen molar-refractivity contribution in [1.29, 1.82) is 0 Å². The van der Waals surface area contributed by atoms with E-state index in [0.717, 1.165) is 0 Å². The molecule has 1 aromatic rings. The van der Waals surface area contributed by atoms with Gasteiger partial charge in [0.2, 0.25) is 5.91 Å². The van der Waals surface area contributed by atoms with E-state index < -0.39 is 17.9 Å². The van der Waals surface area contributed by atoms with Crippen LogP contribution in [-0.2, 0) is 14.3 Å². The quantitative estimate of drug-likeness (QED) is 0.564. The summed E-state index contributed by atoms with van der Waals surface area (Å²) in [6.07, 6.45) is 0.414. The smallest absolute Gasteiger partial charge is 0.322 e. The third-order valence-corrected chi connectivity index (χ3v) is 3.59. The Morgan fingerprint density at radius 2 is 1.95 bits per heavy atom. The molecule has 1 rings (SSSR count). The lowest BCUT2D eigenvalue weighted by Crippen LogP contribution is -2.33. The number of rotatable bonds is 7. The SMILES string of the molecule is COC(=O)C(N)CCSCC(=O)NC(=O)c1ccccc1. The number of benzene rings is 1. The van der Waals surface area contributed by atoms with Gasteiger partial charge in [-0.2, -0.15) is 11.8 Å². The maximum absolute atomic E-state index is 11.7. The van der Waals surface area contributed by atoms with E-state index in [1.54, 1.807) is 30.3 Å². The van der Waals surface area contributed by atoms with Gasteiger partial charge in [-0.15, -0.1) is 0 Å². The summed E-state index contributed by atoms with van der Waals surface area (Å²) in [7, 11) is 1.28. The fourth-order valence-electron chi connectivity index (χ4n) is 1.47. The van der Waals surface area contributed by atoms with Crippen LogP contribution in [0.5, 0.6) is 0 Å². The summed E-state index contributed by atoms with van der Waals surface area (Å²) in [6, 6.07) is 7.82. The average Bonchev–Trinajstić information content (AvgIpc) is 2.51. The fraction of sp³-hybridized carbons (Fsp3) is 0.357. The molecule has 0 aliphatic rings. The molecule has 0 saturated heterocycles. The van der Waals surface area contributed by atoms with Crippen molar-refractivity contribution in [1.82, 2.24) is 5.32 Å². The van der Waals surface area contributed by atoms with E-state index in [9.17, 15) is 14.4 Å². The van der Waals surface area contributed by atoms with Gasteiger partial charge >= 0.3 is 5.97 Å². The lowest BCUT2D eigenvalue weighted by molar-refractivity contribution is -0.142. The largest absolute Gasteiger partial charge is 0.468 e. The molecule has 0 fully saturated rings. The van der Waals surface area contributed by atoms with Crippen molar-refractivity contribution < 1.29 is 19.1 Å². The Morgan fingerprint density at radius 3 is 2.57 bits per heavy atom. The van der Waals surface area contributed by atoms with E-state index in [0.29, 0.717) is 17.7 Å². The number of hydrogen-bond acceptors (Lipinski definition) is 6. The molecule has 1 atom stereocenters. The zero-order chi connectivity index (χ0) is 15.7. The van der Waals surface area contributed by atoms with Crippen molar-refractivity contribution in [2.45, 2.75) is 12.5 Å². The summed E-state index contributed by atoms with van der Waals surface area (Å²) < 4.78 is 4.49. The van der Waals surface area contributed by atoms with Crippen LogP contribution in [0.2, 0.25) is 0 Å². The van der Waals surface area contributed by atoms with Crippen molar-refractivity contribution in [3.05, 3.63) is 35.9 Å². The van der Waals surface area contributed by atoms with Crippen molar-refractivity contribution in [2.24, 2.45) is 5.73 Å². The Balaban J connectivity index is 2.23. The van der Waals surface area contributed by atoms with E-state index in [4.69, 9.17) is 5.73 Å². The number of carbonyl (C=O) groups is 3. The van der Waals surface area contributed by atoms with Crippen LogP contribution in [0.25, 0.3) is 0 Å². The number of hydrogen-bond donors (Lipinski definition) is 2. The number of imide groups is 1. The van der Waals surface area contributed by atoms with Gasteiger partial charge in [-0.25, -0.2) is 0 Å². The van der Waals surface area contributed by atoms with E-state index in [-0.39, 0.29) is 11.7 Å². The summed E-state index contributed by atoms with van der Waals surface area (Å²) in [4.78, 5) is 34.3. The molecule has 0 bridgehead atoms. The second-order valence-corrected chi connectivity index (χ2v) is 5.32. The van der Waals surface area contributed by atoms with E-state index in [1.807, 2.05) is 0 Å². The van der Waals surface area contributed by atoms with Crippen LogP contribution in [-0.4, -0.2) is 42.4 Å². The number of esters is 1. The second-order valence-electron chi connectivity index (χ2n) is 4.21. The minimum Gasteiger partial charge on any atom is -0.468 e. The Kier molecular flexibility index (Phi) is 7.49. The first-order valence-corrected chi connectivity index (χ1v) is 7.50. The molecule has 0 aromatic heterocycles. The van der Waals surface area contributed by atoms with Crippen LogP contribution in [0.4, 0.5) is 0 Å². The molecule has 114 valence electrons. The van der Waals surface area contributed by atoms with Gasteiger partial charge in [0.1, 0.15) is 6.04 Å². The van der Waals surface area contributed by atoms with Crippen molar-refractivity contribution in [2.75, 3.05) is 18.6 Å². The van der Waals surface area contributed by atoms with Crippen LogP contribution < -0.4 is 11.1 Å². The molecular weight excluding hydrogens is 292 g/mol. The van der Waals surface area contributed by atoms with Crippen LogP contribution >= 0.6 is 11.8 Å². The molecule has 0 heterocycles. The zero-order valence-electron chi connectivity index (χ0n) is 11.7. The maximum Gasteiger partial charge on any atom is 0.322 e. The van der Waals surface area contributed by atoms with E-state index in [1.165, 1.54) is 18.9 Å². The average molecular weight is 310 g/mol. The summed E-state index contributed by atoms with van der Waals surface area (Å²) in [5.41, 5.74) is 5.99. The zero-order valence-corrected chi connectivity index (χ0v) is 12.5. The molecule has 0 radical (unpaired) electrons. The number of methoxy groups -OCH3 is 1. The van der Waals surface area contributed by atoms with Gasteiger partial charge in [0.15, 0.2) is 0 Å². The van der Waals surface area contributed by atoms with E-state index in [2.05, 4.69) is 10.1 Å². The molecule has 6 nitrogen and oxygen atoms in total. The van der Waals surface area contributed by atoms with Gasteiger partial charge in [0.25, 0.3) is 5.91 Å². The van der Waals surface area contributed by atoms with Gasteiger partial charge < -0.3 is 10.5 Å². The van der Waals surface area contributed by atoms with Crippen molar-refractivity contribution in [3.8, 4) is 0 Å². The third-order valence-electron chi connectivity index (χ3n) is 2.60. The second kappa shape index (κ2) is 9.15. The van der Waals surface area contributed by atoms with Gasteiger partial charge in [0.05, 0.1) is 12.9 Å². The molecular formula is C14H18N2O4S. The summed E-state index contributed by atoms with van der Waals surface area (Å²) in [5.74, 6) is -0.609. The normalized spacial score (nSPS) is 11.5. The molecule has 3 N–H and O–H groups in total. The standard InChI is InChI=1S/C14H18N2O4S/c1-20-14(19)11(15)7-8-21-9-12(17)16-13(18)10-5-3-2-4-6-10/h2-6,11H,7-9,15H2,1H3,(H,16,17,18). The van der Waals surface area contributed by atoms with E-state index >= 15 is 0 Å². The van der Waals surface area contributed by atoms with Crippen molar-refractivity contribution >= 4 is 29.5 Å². The highest BCUT2D eigenvalue weighted by atomic mass is 32.2. The Morgan fingerprint density at radius 1 is 1.29 bits per heavy atom. The summed E-state index contributed by atoms with van der Waals surface area (Å²) in [6.45, 7) is 0. The van der Waals surface area contributed by atoms with Gasteiger partial charge in [-0.3, -0.25) is 19.7 Å². The molecule has 0 saturated carbocycles. The Hall–Kier alpha value is -1.86. The van der Waals surface area contributed by atoms with Gasteiger partial charge in [0, 0.05) is 5.56 Å². The highest BCUT2D eigenvalue weighted by Gasteiger charge is 2.14. The predicted molar refractivity (Wildman–Crippen MR) is 80.8 cm³/mol. The van der Waals surface area contributed by atoms with Crippen LogP contribution in [0.3, 0.4) is 0 Å². The predicted octanol–water partition coefficient (Wildman–Crippen LogP) is 0.567. The number of ether oxygens (including phenoxy) is 1. The lowest BCUT2D eigenvalue weighted by Gasteiger charge is -2.08. The first-order valence-electron chi connectivity index (χ1n) is 6.35. The minimum absolute atomic E-state index is 0.131. The van der Waals surface area contributed by atoms with Gasteiger partial charge in [-0.1, -0.05) is 18.2 Å². The number of nitrogens with two attached hydrogens (primary N) is 1. The first-order chi connectivity index (χ1) is 10.0. The molecule has 0 spiro atoms. The Bertz CT molecular complexity index is 493. The molecule has 0 aliphatic heterocycles. The highest BCUT2D eigenvalue weighted by Crippen LogP contribution is 2.05. The fourth-order valence-corrected chi connectivity index (χ4v) is 2.29. The minimum atomic E-state index is -0.684. The lowest BCUT2D eigenvalue weighted by atomic mass is 10.2. The highest BCUT2D eigenvalue weighted by molar-refractivity contribution is 7.99. The first kappa shape index (κ1) is 17.2. The molecule has 2 amide bonds. The summed E-state index contributed by atoms with van der Waals surface area (Å²) >= 11 is 1.30. The molecule has 1 aromatic carbocycles. The topological polar surface area (TPSA) is 98.5 Å². The van der Waals surface area contributed by atoms with Crippen LogP contribution in [0.1, 0.15) is 16.8 Å². The van der Waals surface area contributed by atoms with Gasteiger partial charge in [-0.05, 0) is 24.3 Å². The molecule has 0 aliphatic carbocycles. The maximum atomic E-state index is 11.7. The number of carbonyl (C=O) groups excluding carboxylic acids is 3. The number of amides is 2. The molecule has 1 unspecified atom stereocenters. The molecule has 7 heteroatoms.